The second-order valence-electron chi connectivity index (χ2n) is 8.11. The third kappa shape index (κ3) is 4.38. The SMILES string of the molecule is CCc1ccc(CN2C[C@@H](NC(=O)C3CC3)[C@H](c3ccc(C)cc3)C2)nc1. The van der Waals surface area contributed by atoms with Crippen molar-refractivity contribution < 1.29 is 4.79 Å². The number of pyridine rings is 1. The van der Waals surface area contributed by atoms with Gasteiger partial charge in [-0.1, -0.05) is 42.8 Å². The van der Waals surface area contributed by atoms with E-state index in [0.717, 1.165) is 44.6 Å². The average molecular weight is 364 g/mol. The molecule has 1 saturated heterocycles. The fourth-order valence-electron chi connectivity index (χ4n) is 3.95. The van der Waals surface area contributed by atoms with Gasteiger partial charge in [0.2, 0.25) is 5.91 Å². The van der Waals surface area contributed by atoms with E-state index >= 15 is 0 Å². The molecule has 2 heterocycles. The van der Waals surface area contributed by atoms with Gasteiger partial charge in [0.15, 0.2) is 0 Å². The largest absolute Gasteiger partial charge is 0.351 e. The maximum absolute atomic E-state index is 12.4. The molecule has 1 N–H and O–H groups in total. The summed E-state index contributed by atoms with van der Waals surface area (Å²) < 4.78 is 0. The van der Waals surface area contributed by atoms with Crippen molar-refractivity contribution in [2.24, 2.45) is 5.92 Å². The summed E-state index contributed by atoms with van der Waals surface area (Å²) in [6.07, 6.45) is 5.09. The standard InChI is InChI=1S/C23H29N3O/c1-3-17-6-11-20(24-12-17)13-26-14-21(18-7-4-16(2)5-8-18)22(15-26)25-23(27)19-9-10-19/h4-8,11-12,19,21-22H,3,9-10,13-15H2,1-2H3,(H,25,27)/t21-,22+/m0/s1. The summed E-state index contributed by atoms with van der Waals surface area (Å²) in [7, 11) is 0. The highest BCUT2D eigenvalue weighted by Gasteiger charge is 2.38. The zero-order valence-corrected chi connectivity index (χ0v) is 16.3. The lowest BCUT2D eigenvalue weighted by Crippen LogP contribution is -2.40. The Labute approximate surface area is 162 Å². The van der Waals surface area contributed by atoms with Gasteiger partial charge in [0.1, 0.15) is 0 Å². The van der Waals surface area contributed by atoms with Crippen molar-refractivity contribution in [3.8, 4) is 0 Å². The Balaban J connectivity index is 1.48. The van der Waals surface area contributed by atoms with Crippen LogP contribution in [-0.2, 0) is 17.8 Å². The number of rotatable bonds is 6. The molecule has 27 heavy (non-hydrogen) atoms. The third-order valence-electron chi connectivity index (χ3n) is 5.86. The molecule has 0 bridgehead atoms. The number of nitrogens with zero attached hydrogens (tertiary/aromatic N) is 2. The Morgan fingerprint density at radius 2 is 1.93 bits per heavy atom. The number of carbonyl (C=O) groups is 1. The van der Waals surface area contributed by atoms with E-state index in [9.17, 15) is 4.79 Å². The van der Waals surface area contributed by atoms with E-state index in [2.05, 4.69) is 65.4 Å². The van der Waals surface area contributed by atoms with Gasteiger partial charge in [0, 0.05) is 43.7 Å². The molecule has 4 heteroatoms. The zero-order valence-electron chi connectivity index (χ0n) is 16.3. The highest BCUT2D eigenvalue weighted by Crippen LogP contribution is 2.32. The Morgan fingerprint density at radius 1 is 1.15 bits per heavy atom. The van der Waals surface area contributed by atoms with Crippen LogP contribution >= 0.6 is 0 Å². The second-order valence-corrected chi connectivity index (χ2v) is 8.11. The Hall–Kier alpha value is -2.20. The number of aryl methyl sites for hydroxylation is 2. The maximum Gasteiger partial charge on any atom is 0.223 e. The number of carbonyl (C=O) groups excluding carboxylic acids is 1. The van der Waals surface area contributed by atoms with E-state index in [1.165, 1.54) is 16.7 Å². The van der Waals surface area contributed by atoms with E-state index in [1.54, 1.807) is 0 Å². The molecule has 1 saturated carbocycles. The molecule has 4 rings (SSSR count). The lowest BCUT2D eigenvalue weighted by molar-refractivity contribution is -0.123. The van der Waals surface area contributed by atoms with Gasteiger partial charge in [-0.15, -0.1) is 0 Å². The zero-order chi connectivity index (χ0) is 18.8. The maximum atomic E-state index is 12.4. The summed E-state index contributed by atoms with van der Waals surface area (Å²) in [5, 5.41) is 3.34. The summed E-state index contributed by atoms with van der Waals surface area (Å²) in [5.41, 5.74) is 4.96. The Kier molecular flexibility index (Phi) is 5.26. The average Bonchev–Trinajstić information content (AvgIpc) is 3.46. The van der Waals surface area contributed by atoms with Gasteiger partial charge in [-0.25, -0.2) is 0 Å². The summed E-state index contributed by atoms with van der Waals surface area (Å²) in [6, 6.07) is 13.3. The van der Waals surface area contributed by atoms with E-state index in [1.807, 2.05) is 6.20 Å². The van der Waals surface area contributed by atoms with Gasteiger partial charge in [-0.3, -0.25) is 14.7 Å². The first-order valence-electron chi connectivity index (χ1n) is 10.2. The molecule has 1 aromatic carbocycles. The number of aromatic nitrogens is 1. The lowest BCUT2D eigenvalue weighted by Gasteiger charge is -2.20. The molecule has 2 aromatic rings. The number of benzene rings is 1. The van der Waals surface area contributed by atoms with Crippen LogP contribution in [0.4, 0.5) is 0 Å². The van der Waals surface area contributed by atoms with Crippen molar-refractivity contribution in [2.45, 2.75) is 51.6 Å². The van der Waals surface area contributed by atoms with Crippen LogP contribution in [0.25, 0.3) is 0 Å². The smallest absolute Gasteiger partial charge is 0.223 e. The van der Waals surface area contributed by atoms with Crippen LogP contribution in [0.3, 0.4) is 0 Å². The molecule has 142 valence electrons. The highest BCUT2D eigenvalue weighted by molar-refractivity contribution is 5.81. The van der Waals surface area contributed by atoms with Gasteiger partial charge < -0.3 is 5.32 Å². The summed E-state index contributed by atoms with van der Waals surface area (Å²) in [6.45, 7) is 6.94. The number of hydrogen-bond donors (Lipinski definition) is 1. The number of amides is 1. The van der Waals surface area contributed by atoms with E-state index in [4.69, 9.17) is 0 Å². The summed E-state index contributed by atoms with van der Waals surface area (Å²) >= 11 is 0. The molecule has 4 nitrogen and oxygen atoms in total. The van der Waals surface area contributed by atoms with Crippen molar-refractivity contribution in [1.29, 1.82) is 0 Å². The number of likely N-dealkylation sites (tertiary alicyclic amines) is 1. The topological polar surface area (TPSA) is 45.2 Å². The molecule has 1 amide bonds. The van der Waals surface area contributed by atoms with Crippen molar-refractivity contribution in [1.82, 2.24) is 15.2 Å². The van der Waals surface area contributed by atoms with Crippen LogP contribution in [-0.4, -0.2) is 34.9 Å². The van der Waals surface area contributed by atoms with Crippen molar-refractivity contribution in [3.63, 3.8) is 0 Å². The van der Waals surface area contributed by atoms with Crippen LogP contribution in [0.15, 0.2) is 42.6 Å². The van der Waals surface area contributed by atoms with Crippen molar-refractivity contribution in [2.75, 3.05) is 13.1 Å². The fraction of sp³-hybridized carbons (Fsp3) is 0.478. The minimum Gasteiger partial charge on any atom is -0.351 e. The molecular weight excluding hydrogens is 334 g/mol. The first-order valence-corrected chi connectivity index (χ1v) is 10.2. The molecule has 0 spiro atoms. The van der Waals surface area contributed by atoms with Crippen LogP contribution in [0.2, 0.25) is 0 Å². The lowest BCUT2D eigenvalue weighted by atomic mass is 9.93. The normalized spacial score (nSPS) is 22.7. The molecule has 0 radical (unpaired) electrons. The van der Waals surface area contributed by atoms with Gasteiger partial charge in [-0.2, -0.15) is 0 Å². The molecule has 0 unspecified atom stereocenters. The van der Waals surface area contributed by atoms with Crippen LogP contribution < -0.4 is 5.32 Å². The van der Waals surface area contributed by atoms with E-state index in [-0.39, 0.29) is 17.9 Å². The number of hydrogen-bond acceptors (Lipinski definition) is 3. The highest BCUT2D eigenvalue weighted by atomic mass is 16.2. The van der Waals surface area contributed by atoms with Crippen LogP contribution in [0, 0.1) is 12.8 Å². The minimum absolute atomic E-state index is 0.177. The quantitative estimate of drug-likeness (QED) is 0.855. The van der Waals surface area contributed by atoms with Crippen molar-refractivity contribution >= 4 is 5.91 Å². The first kappa shape index (κ1) is 18.2. The summed E-state index contributed by atoms with van der Waals surface area (Å²) in [5.74, 6) is 0.827. The fourth-order valence-corrected chi connectivity index (χ4v) is 3.95. The van der Waals surface area contributed by atoms with Gasteiger partial charge in [-0.05, 0) is 43.4 Å². The molecule has 2 aliphatic rings. The third-order valence-corrected chi connectivity index (χ3v) is 5.86. The minimum atomic E-state index is 0.177. The second kappa shape index (κ2) is 7.81. The van der Waals surface area contributed by atoms with Crippen LogP contribution in [0.1, 0.15) is 48.1 Å². The number of nitrogens with one attached hydrogen (secondary N) is 1. The summed E-state index contributed by atoms with van der Waals surface area (Å²) in [4.78, 5) is 19.4. The van der Waals surface area contributed by atoms with E-state index in [0.29, 0.717) is 5.92 Å². The Morgan fingerprint density at radius 3 is 2.56 bits per heavy atom. The molecular formula is C23H29N3O. The first-order chi connectivity index (χ1) is 13.1. The van der Waals surface area contributed by atoms with E-state index < -0.39 is 0 Å². The van der Waals surface area contributed by atoms with Crippen molar-refractivity contribution in [3.05, 3.63) is 65.0 Å². The van der Waals surface area contributed by atoms with Gasteiger partial charge in [0.05, 0.1) is 5.69 Å². The monoisotopic (exact) mass is 363 g/mol. The molecule has 1 aliphatic heterocycles. The molecule has 1 aliphatic carbocycles. The predicted molar refractivity (Wildman–Crippen MR) is 107 cm³/mol. The Bertz CT molecular complexity index is 780. The van der Waals surface area contributed by atoms with Gasteiger partial charge in [0.25, 0.3) is 0 Å². The van der Waals surface area contributed by atoms with Crippen LogP contribution in [0.5, 0.6) is 0 Å². The molecule has 1 aromatic heterocycles. The molecule has 2 fully saturated rings. The van der Waals surface area contributed by atoms with Gasteiger partial charge >= 0.3 is 0 Å². The molecule has 2 atom stereocenters. The predicted octanol–water partition coefficient (Wildman–Crippen LogP) is 3.45.